The second kappa shape index (κ2) is 5.79. The van der Waals surface area contributed by atoms with E-state index in [9.17, 15) is 13.2 Å². The molecule has 0 radical (unpaired) electrons. The predicted molar refractivity (Wildman–Crippen MR) is 57.5 cm³/mol. The molecule has 0 aromatic rings. The number of hydrogen-bond donors (Lipinski definition) is 0. The van der Waals surface area contributed by atoms with Gasteiger partial charge in [-0.15, -0.1) is 0 Å². The van der Waals surface area contributed by atoms with Gasteiger partial charge in [-0.3, -0.25) is 0 Å². The zero-order valence-electron chi connectivity index (χ0n) is 9.36. The molecule has 0 nitrogen and oxygen atoms in total. The maximum Gasteiger partial charge on any atom is 0.415 e. The van der Waals surface area contributed by atoms with E-state index >= 15 is 0 Å². The molecule has 0 amide bonds. The van der Waals surface area contributed by atoms with Crippen LogP contribution in [0.15, 0.2) is 36.0 Å². The Labute approximate surface area is 89.2 Å². The van der Waals surface area contributed by atoms with Crippen LogP contribution in [0.1, 0.15) is 27.2 Å². The van der Waals surface area contributed by atoms with E-state index in [-0.39, 0.29) is 0 Å². The SMILES string of the molecule is C=C(/C=C\C(C)=C/C(C)CC)C(F)(F)F. The minimum absolute atomic E-state index is 0.383. The molecule has 0 heterocycles. The van der Waals surface area contributed by atoms with Gasteiger partial charge in [-0.25, -0.2) is 0 Å². The molecule has 0 aromatic heterocycles. The van der Waals surface area contributed by atoms with Gasteiger partial charge < -0.3 is 0 Å². The Morgan fingerprint density at radius 1 is 1.33 bits per heavy atom. The zero-order chi connectivity index (χ0) is 12.1. The van der Waals surface area contributed by atoms with Gasteiger partial charge in [0, 0.05) is 5.57 Å². The van der Waals surface area contributed by atoms with Crippen molar-refractivity contribution in [2.45, 2.75) is 33.4 Å². The highest BCUT2D eigenvalue weighted by Gasteiger charge is 2.29. The van der Waals surface area contributed by atoms with Gasteiger partial charge in [-0.05, 0) is 12.8 Å². The van der Waals surface area contributed by atoms with Gasteiger partial charge in [-0.1, -0.05) is 50.6 Å². The Balaban J connectivity index is 4.42. The van der Waals surface area contributed by atoms with Gasteiger partial charge >= 0.3 is 6.18 Å². The first-order valence-electron chi connectivity index (χ1n) is 4.90. The second-order valence-corrected chi connectivity index (χ2v) is 3.65. The molecule has 86 valence electrons. The molecule has 0 bridgehead atoms. The van der Waals surface area contributed by atoms with E-state index in [0.717, 1.165) is 18.1 Å². The molecular formula is C12H17F3. The molecule has 1 unspecified atom stereocenters. The molecule has 3 heteroatoms. The summed E-state index contributed by atoms with van der Waals surface area (Å²) < 4.78 is 36.2. The van der Waals surface area contributed by atoms with E-state index in [1.54, 1.807) is 6.92 Å². The van der Waals surface area contributed by atoms with Crippen LogP contribution < -0.4 is 0 Å². The summed E-state index contributed by atoms with van der Waals surface area (Å²) in [7, 11) is 0. The van der Waals surface area contributed by atoms with Crippen molar-refractivity contribution in [3.8, 4) is 0 Å². The Morgan fingerprint density at radius 3 is 2.27 bits per heavy atom. The lowest BCUT2D eigenvalue weighted by Crippen LogP contribution is -2.08. The molecule has 0 aromatic carbocycles. The number of alkyl halides is 3. The molecule has 1 atom stereocenters. The topological polar surface area (TPSA) is 0 Å². The summed E-state index contributed by atoms with van der Waals surface area (Å²) in [5, 5.41) is 0. The Hall–Kier alpha value is -0.990. The van der Waals surface area contributed by atoms with Gasteiger partial charge in [0.15, 0.2) is 0 Å². The van der Waals surface area contributed by atoms with Crippen LogP contribution in [-0.2, 0) is 0 Å². The van der Waals surface area contributed by atoms with Crippen LogP contribution in [0.2, 0.25) is 0 Å². The van der Waals surface area contributed by atoms with Crippen LogP contribution in [0.4, 0.5) is 13.2 Å². The van der Waals surface area contributed by atoms with Gasteiger partial charge in [0.05, 0.1) is 0 Å². The van der Waals surface area contributed by atoms with Crippen molar-refractivity contribution in [1.82, 2.24) is 0 Å². The van der Waals surface area contributed by atoms with Crippen LogP contribution >= 0.6 is 0 Å². The molecule has 0 rings (SSSR count). The zero-order valence-corrected chi connectivity index (χ0v) is 9.36. The van der Waals surface area contributed by atoms with Crippen LogP contribution in [0.25, 0.3) is 0 Å². The van der Waals surface area contributed by atoms with Crippen LogP contribution in [-0.4, -0.2) is 6.18 Å². The smallest absolute Gasteiger partial charge is 0.166 e. The molecule has 0 spiro atoms. The molecule has 0 aliphatic rings. The summed E-state index contributed by atoms with van der Waals surface area (Å²) >= 11 is 0. The van der Waals surface area contributed by atoms with Crippen molar-refractivity contribution in [2.24, 2.45) is 5.92 Å². The third-order valence-electron chi connectivity index (χ3n) is 2.10. The minimum atomic E-state index is -4.33. The monoisotopic (exact) mass is 218 g/mol. The van der Waals surface area contributed by atoms with Crippen molar-refractivity contribution in [3.63, 3.8) is 0 Å². The lowest BCUT2D eigenvalue weighted by molar-refractivity contribution is -0.0878. The first-order chi connectivity index (χ1) is 6.77. The van der Waals surface area contributed by atoms with E-state index < -0.39 is 11.7 Å². The van der Waals surface area contributed by atoms with E-state index in [2.05, 4.69) is 6.58 Å². The first-order valence-corrected chi connectivity index (χ1v) is 4.90. The highest BCUT2D eigenvalue weighted by Crippen LogP contribution is 2.25. The van der Waals surface area contributed by atoms with Crippen molar-refractivity contribution in [3.05, 3.63) is 36.0 Å². The fourth-order valence-electron chi connectivity index (χ4n) is 0.949. The van der Waals surface area contributed by atoms with Crippen molar-refractivity contribution >= 4 is 0 Å². The average molecular weight is 218 g/mol. The van der Waals surface area contributed by atoms with E-state index in [4.69, 9.17) is 0 Å². The maximum absolute atomic E-state index is 12.1. The minimum Gasteiger partial charge on any atom is -0.166 e. The second-order valence-electron chi connectivity index (χ2n) is 3.65. The van der Waals surface area contributed by atoms with E-state index in [0.29, 0.717) is 5.92 Å². The van der Waals surface area contributed by atoms with Crippen molar-refractivity contribution in [1.29, 1.82) is 0 Å². The van der Waals surface area contributed by atoms with Gasteiger partial charge in [0.25, 0.3) is 0 Å². The van der Waals surface area contributed by atoms with Crippen LogP contribution in [0, 0.1) is 5.92 Å². The Bertz CT molecular complexity index is 269. The van der Waals surface area contributed by atoms with Crippen molar-refractivity contribution in [2.75, 3.05) is 0 Å². The molecule has 0 aliphatic carbocycles. The molecule has 0 fully saturated rings. The van der Waals surface area contributed by atoms with Crippen molar-refractivity contribution < 1.29 is 13.2 Å². The highest BCUT2D eigenvalue weighted by atomic mass is 19.4. The van der Waals surface area contributed by atoms with Gasteiger partial charge in [0.1, 0.15) is 0 Å². The lowest BCUT2D eigenvalue weighted by Gasteiger charge is -2.05. The molecule has 0 N–H and O–H groups in total. The largest absolute Gasteiger partial charge is 0.415 e. The fraction of sp³-hybridized carbons (Fsp3) is 0.500. The quantitative estimate of drug-likeness (QED) is 0.602. The van der Waals surface area contributed by atoms with Crippen LogP contribution in [0.3, 0.4) is 0 Å². The average Bonchev–Trinajstić information content (AvgIpc) is 2.12. The Kier molecular flexibility index (Phi) is 5.40. The van der Waals surface area contributed by atoms with Gasteiger partial charge in [-0.2, -0.15) is 13.2 Å². The summed E-state index contributed by atoms with van der Waals surface area (Å²) in [6.45, 7) is 8.80. The molecule has 0 aliphatic heterocycles. The first kappa shape index (κ1) is 14.0. The summed E-state index contributed by atoms with van der Waals surface area (Å²) in [6.07, 6.45) is 1.05. The maximum atomic E-state index is 12.1. The molecule has 15 heavy (non-hydrogen) atoms. The van der Waals surface area contributed by atoms with E-state index in [1.165, 1.54) is 6.08 Å². The fourth-order valence-corrected chi connectivity index (χ4v) is 0.949. The predicted octanol–water partition coefficient (Wildman–Crippen LogP) is 4.65. The lowest BCUT2D eigenvalue weighted by atomic mass is 10.1. The van der Waals surface area contributed by atoms with Gasteiger partial charge in [0.2, 0.25) is 0 Å². The summed E-state index contributed by atoms with van der Waals surface area (Å²) in [6, 6.07) is 0. The summed E-state index contributed by atoms with van der Waals surface area (Å²) in [5.74, 6) is 0.383. The third-order valence-corrected chi connectivity index (χ3v) is 2.10. The molecular weight excluding hydrogens is 201 g/mol. The molecule has 0 saturated carbocycles. The van der Waals surface area contributed by atoms with Crippen LogP contribution in [0.5, 0.6) is 0 Å². The third kappa shape index (κ3) is 6.15. The summed E-state index contributed by atoms with van der Waals surface area (Å²) in [4.78, 5) is 0. The standard InChI is InChI=1S/C12H17F3/c1-5-9(2)8-10(3)6-7-11(4)12(13,14)15/h6-9H,4-5H2,1-3H3/b7-6-,10-8-. The normalized spacial score (nSPS) is 15.7. The number of allylic oxidation sites excluding steroid dienone is 5. The van der Waals surface area contributed by atoms with E-state index in [1.807, 2.05) is 19.9 Å². The number of halogens is 3. The number of hydrogen-bond acceptors (Lipinski definition) is 0. The summed E-state index contributed by atoms with van der Waals surface area (Å²) in [5.41, 5.74) is 0.00847. The molecule has 0 saturated heterocycles. The highest BCUT2D eigenvalue weighted by molar-refractivity contribution is 5.27. The number of rotatable bonds is 4. The Morgan fingerprint density at radius 2 is 1.87 bits per heavy atom.